The van der Waals surface area contributed by atoms with Gasteiger partial charge in [-0.25, -0.2) is 9.97 Å². The van der Waals surface area contributed by atoms with Crippen LogP contribution in [-0.4, -0.2) is 48.4 Å². The van der Waals surface area contributed by atoms with Gasteiger partial charge in [0.25, 0.3) is 0 Å². The van der Waals surface area contributed by atoms with Crippen LogP contribution in [0.2, 0.25) is 0 Å². The van der Waals surface area contributed by atoms with Gasteiger partial charge in [-0.15, -0.1) is 0 Å². The van der Waals surface area contributed by atoms with E-state index in [-0.39, 0.29) is 0 Å². The van der Waals surface area contributed by atoms with Crippen molar-refractivity contribution < 1.29 is 4.74 Å². The highest BCUT2D eigenvalue weighted by Gasteiger charge is 2.25. The first-order chi connectivity index (χ1) is 12.4. The van der Waals surface area contributed by atoms with Crippen molar-refractivity contribution in [2.45, 2.75) is 76.4 Å². The van der Waals surface area contributed by atoms with E-state index in [0.717, 1.165) is 50.7 Å². The minimum Gasteiger partial charge on any atom is -0.375 e. The van der Waals surface area contributed by atoms with E-state index in [0.29, 0.717) is 12.2 Å². The molecule has 3 aliphatic rings. The maximum absolute atomic E-state index is 6.37. The van der Waals surface area contributed by atoms with Gasteiger partial charge >= 0.3 is 0 Å². The Labute approximate surface area is 151 Å². The van der Waals surface area contributed by atoms with Gasteiger partial charge in [-0.2, -0.15) is 0 Å². The molecule has 0 radical (unpaired) electrons. The molecule has 1 aromatic heterocycles. The van der Waals surface area contributed by atoms with E-state index in [9.17, 15) is 0 Å². The smallest absolute Gasteiger partial charge is 0.134 e. The Balaban J connectivity index is 1.31. The minimum atomic E-state index is 0.447. The summed E-state index contributed by atoms with van der Waals surface area (Å²) in [5.74, 6) is 2.19. The molecule has 3 fully saturated rings. The molecule has 1 aliphatic carbocycles. The van der Waals surface area contributed by atoms with Gasteiger partial charge in [0.2, 0.25) is 0 Å². The molecule has 0 aromatic carbocycles. The van der Waals surface area contributed by atoms with Crippen LogP contribution >= 0.6 is 0 Å². The van der Waals surface area contributed by atoms with Crippen LogP contribution in [0.5, 0.6) is 0 Å². The molecule has 0 bridgehead atoms. The van der Waals surface area contributed by atoms with Crippen LogP contribution in [0.3, 0.4) is 0 Å². The van der Waals surface area contributed by atoms with Crippen LogP contribution in [0.4, 0.5) is 11.6 Å². The Bertz CT molecular complexity index is 532. The second-order valence-electron chi connectivity index (χ2n) is 7.86. The van der Waals surface area contributed by atoms with Gasteiger partial charge in [-0.3, -0.25) is 0 Å². The lowest BCUT2D eigenvalue weighted by molar-refractivity contribution is -0.0395. The van der Waals surface area contributed by atoms with E-state index < -0.39 is 0 Å². The summed E-state index contributed by atoms with van der Waals surface area (Å²) in [4.78, 5) is 13.9. The SMILES string of the molecule is c1nc(N2CCCCC2)cc(N2CCC(OC3CCCCC3)CC2)n1. The van der Waals surface area contributed by atoms with E-state index in [4.69, 9.17) is 4.74 Å². The van der Waals surface area contributed by atoms with Gasteiger partial charge in [0.15, 0.2) is 0 Å². The maximum Gasteiger partial charge on any atom is 0.134 e. The van der Waals surface area contributed by atoms with Crippen molar-refractivity contribution >= 4 is 11.6 Å². The van der Waals surface area contributed by atoms with Crippen molar-refractivity contribution in [3.8, 4) is 0 Å². The highest BCUT2D eigenvalue weighted by atomic mass is 16.5. The molecule has 5 nitrogen and oxygen atoms in total. The van der Waals surface area contributed by atoms with Gasteiger partial charge < -0.3 is 14.5 Å². The third kappa shape index (κ3) is 4.43. The predicted octanol–water partition coefficient (Wildman–Crippen LogP) is 3.79. The summed E-state index contributed by atoms with van der Waals surface area (Å²) in [6.45, 7) is 4.36. The molecule has 0 amide bonds. The molecule has 138 valence electrons. The van der Waals surface area contributed by atoms with Crippen LogP contribution in [0, 0.1) is 0 Å². The molecule has 5 heteroatoms. The first-order valence-electron chi connectivity index (χ1n) is 10.4. The zero-order chi connectivity index (χ0) is 16.9. The molecule has 0 N–H and O–H groups in total. The first kappa shape index (κ1) is 17.1. The number of ether oxygens (including phenoxy) is 1. The number of aromatic nitrogens is 2. The van der Waals surface area contributed by atoms with E-state index in [1.54, 1.807) is 6.33 Å². The van der Waals surface area contributed by atoms with Gasteiger partial charge in [0.05, 0.1) is 12.2 Å². The van der Waals surface area contributed by atoms with Gasteiger partial charge in [-0.05, 0) is 44.9 Å². The van der Waals surface area contributed by atoms with Crippen molar-refractivity contribution in [3.05, 3.63) is 12.4 Å². The number of piperidine rings is 2. The average Bonchev–Trinajstić information content (AvgIpc) is 2.70. The fourth-order valence-electron chi connectivity index (χ4n) is 4.50. The van der Waals surface area contributed by atoms with Gasteiger partial charge in [0.1, 0.15) is 18.0 Å². The molecule has 4 rings (SSSR count). The first-order valence-corrected chi connectivity index (χ1v) is 10.4. The highest BCUT2D eigenvalue weighted by molar-refractivity contribution is 5.50. The highest BCUT2D eigenvalue weighted by Crippen LogP contribution is 2.27. The number of hydrogen-bond donors (Lipinski definition) is 0. The largest absolute Gasteiger partial charge is 0.375 e. The van der Waals surface area contributed by atoms with E-state index in [1.807, 2.05) is 0 Å². The van der Waals surface area contributed by atoms with Crippen LogP contribution in [0.25, 0.3) is 0 Å². The van der Waals surface area contributed by atoms with Crippen LogP contribution in [0.15, 0.2) is 12.4 Å². The average molecular weight is 345 g/mol. The van der Waals surface area contributed by atoms with Crippen LogP contribution < -0.4 is 9.80 Å². The fraction of sp³-hybridized carbons (Fsp3) is 0.800. The molecule has 3 heterocycles. The topological polar surface area (TPSA) is 41.5 Å². The summed E-state index contributed by atoms with van der Waals surface area (Å²) in [6.07, 6.45) is 15.5. The standard InChI is InChI=1S/C20H32N4O/c1-3-7-17(8-4-1)25-18-9-13-24(14-10-18)20-15-19(21-16-22-20)23-11-5-2-6-12-23/h15-18H,1-14H2. The second kappa shape index (κ2) is 8.35. The Hall–Kier alpha value is -1.36. The van der Waals surface area contributed by atoms with E-state index >= 15 is 0 Å². The number of anilines is 2. The third-order valence-electron chi connectivity index (χ3n) is 6.02. The predicted molar refractivity (Wildman–Crippen MR) is 101 cm³/mol. The molecular weight excluding hydrogens is 312 g/mol. The van der Waals surface area contributed by atoms with E-state index in [1.165, 1.54) is 51.4 Å². The Morgan fingerprint density at radius 3 is 1.92 bits per heavy atom. The Morgan fingerprint density at radius 2 is 1.24 bits per heavy atom. The zero-order valence-electron chi connectivity index (χ0n) is 15.4. The van der Waals surface area contributed by atoms with Gasteiger partial charge in [-0.1, -0.05) is 19.3 Å². The molecule has 2 aliphatic heterocycles. The lowest BCUT2D eigenvalue weighted by Crippen LogP contribution is -2.39. The number of nitrogens with zero attached hydrogens (tertiary/aromatic N) is 4. The molecule has 0 unspecified atom stereocenters. The minimum absolute atomic E-state index is 0.447. The maximum atomic E-state index is 6.37. The molecule has 0 spiro atoms. The Kier molecular flexibility index (Phi) is 5.70. The monoisotopic (exact) mass is 344 g/mol. The molecule has 2 saturated heterocycles. The normalized spacial score (nSPS) is 23.8. The van der Waals surface area contributed by atoms with Crippen molar-refractivity contribution in [2.24, 2.45) is 0 Å². The summed E-state index contributed by atoms with van der Waals surface area (Å²) in [5.41, 5.74) is 0. The van der Waals surface area contributed by atoms with Crippen molar-refractivity contribution in [1.82, 2.24) is 9.97 Å². The summed E-state index contributed by atoms with van der Waals surface area (Å²) in [5, 5.41) is 0. The quantitative estimate of drug-likeness (QED) is 0.831. The lowest BCUT2D eigenvalue weighted by Gasteiger charge is -2.36. The van der Waals surface area contributed by atoms with Crippen molar-refractivity contribution in [3.63, 3.8) is 0 Å². The summed E-state index contributed by atoms with van der Waals surface area (Å²) >= 11 is 0. The van der Waals surface area contributed by atoms with Gasteiger partial charge in [0, 0.05) is 32.2 Å². The van der Waals surface area contributed by atoms with Crippen LogP contribution in [-0.2, 0) is 4.74 Å². The summed E-state index contributed by atoms with van der Waals surface area (Å²) in [7, 11) is 0. The summed E-state index contributed by atoms with van der Waals surface area (Å²) in [6, 6.07) is 2.19. The van der Waals surface area contributed by atoms with Crippen molar-refractivity contribution in [2.75, 3.05) is 36.0 Å². The molecule has 0 atom stereocenters. The van der Waals surface area contributed by atoms with E-state index in [2.05, 4.69) is 25.8 Å². The Morgan fingerprint density at radius 1 is 0.680 bits per heavy atom. The van der Waals surface area contributed by atoms with Crippen molar-refractivity contribution in [1.29, 1.82) is 0 Å². The number of hydrogen-bond acceptors (Lipinski definition) is 5. The molecule has 25 heavy (non-hydrogen) atoms. The third-order valence-corrected chi connectivity index (χ3v) is 6.02. The second-order valence-corrected chi connectivity index (χ2v) is 7.86. The number of rotatable bonds is 4. The lowest BCUT2D eigenvalue weighted by atomic mass is 9.97. The molecular formula is C20H32N4O. The molecule has 1 aromatic rings. The summed E-state index contributed by atoms with van der Waals surface area (Å²) < 4.78 is 6.37. The fourth-order valence-corrected chi connectivity index (χ4v) is 4.50. The van der Waals surface area contributed by atoms with Crippen LogP contribution in [0.1, 0.15) is 64.2 Å². The molecule has 1 saturated carbocycles. The zero-order valence-corrected chi connectivity index (χ0v) is 15.4.